The summed E-state index contributed by atoms with van der Waals surface area (Å²) < 4.78 is 0. The Labute approximate surface area is 156 Å². The number of thiophene rings is 1. The number of aryl methyl sites for hydroxylation is 2. The molecule has 0 bridgehead atoms. The van der Waals surface area contributed by atoms with Gasteiger partial charge in [0.25, 0.3) is 5.91 Å². The van der Waals surface area contributed by atoms with Crippen molar-refractivity contribution in [1.82, 2.24) is 19.9 Å². The molecule has 1 atom stereocenters. The van der Waals surface area contributed by atoms with Crippen molar-refractivity contribution >= 4 is 17.2 Å². The second-order valence-electron chi connectivity index (χ2n) is 6.97. The Bertz CT molecular complexity index is 922. The summed E-state index contributed by atoms with van der Waals surface area (Å²) >= 11 is 1.68. The van der Waals surface area contributed by atoms with Crippen molar-refractivity contribution < 1.29 is 4.79 Å². The molecule has 0 aromatic carbocycles. The quantitative estimate of drug-likeness (QED) is 0.757. The number of imidazole rings is 1. The fraction of sp³-hybridized carbons (Fsp3) is 0.350. The predicted octanol–water partition coefficient (Wildman–Crippen LogP) is 3.53. The van der Waals surface area contributed by atoms with Crippen molar-refractivity contribution in [3.63, 3.8) is 0 Å². The van der Waals surface area contributed by atoms with Crippen LogP contribution in [-0.2, 0) is 19.3 Å². The van der Waals surface area contributed by atoms with Crippen molar-refractivity contribution in [3.8, 4) is 0 Å². The number of H-pyrrole nitrogens is 1. The van der Waals surface area contributed by atoms with E-state index in [-0.39, 0.29) is 11.9 Å². The molecule has 6 heteroatoms. The second kappa shape index (κ2) is 6.36. The van der Waals surface area contributed by atoms with E-state index >= 15 is 0 Å². The second-order valence-corrected chi connectivity index (χ2v) is 8.11. The fourth-order valence-corrected chi connectivity index (χ4v) is 5.32. The average Bonchev–Trinajstić information content (AvgIpc) is 3.33. The summed E-state index contributed by atoms with van der Waals surface area (Å²) in [6, 6.07) is 5.90. The van der Waals surface area contributed by atoms with Gasteiger partial charge in [0.1, 0.15) is 6.04 Å². The maximum absolute atomic E-state index is 13.4. The van der Waals surface area contributed by atoms with Crippen molar-refractivity contribution in [2.75, 3.05) is 6.54 Å². The van der Waals surface area contributed by atoms with Gasteiger partial charge in [0.2, 0.25) is 0 Å². The van der Waals surface area contributed by atoms with E-state index in [4.69, 9.17) is 0 Å². The van der Waals surface area contributed by atoms with Gasteiger partial charge in [-0.1, -0.05) is 6.07 Å². The highest BCUT2D eigenvalue weighted by molar-refractivity contribution is 7.14. The lowest BCUT2D eigenvalue weighted by atomic mass is 9.96. The zero-order valence-corrected chi connectivity index (χ0v) is 15.3. The Hall–Kier alpha value is -2.47. The molecule has 5 nitrogen and oxygen atoms in total. The maximum atomic E-state index is 13.4. The van der Waals surface area contributed by atoms with Crippen LogP contribution in [0.3, 0.4) is 0 Å². The number of fused-ring (bicyclic) bond motifs is 2. The van der Waals surface area contributed by atoms with Gasteiger partial charge in [-0.05, 0) is 48.9 Å². The molecule has 0 fully saturated rings. The molecule has 0 spiro atoms. The van der Waals surface area contributed by atoms with Crippen LogP contribution in [0.15, 0.2) is 36.9 Å². The molecule has 0 saturated carbocycles. The Morgan fingerprint density at radius 2 is 2.19 bits per heavy atom. The first-order chi connectivity index (χ1) is 12.8. The first-order valence-corrected chi connectivity index (χ1v) is 9.97. The van der Waals surface area contributed by atoms with E-state index in [1.54, 1.807) is 23.9 Å². The summed E-state index contributed by atoms with van der Waals surface area (Å²) in [5, 5.41) is 0. The van der Waals surface area contributed by atoms with Crippen molar-refractivity contribution in [3.05, 3.63) is 69.2 Å². The van der Waals surface area contributed by atoms with Gasteiger partial charge < -0.3 is 9.88 Å². The van der Waals surface area contributed by atoms with E-state index in [2.05, 4.69) is 21.0 Å². The Morgan fingerprint density at radius 3 is 3.04 bits per heavy atom. The fourth-order valence-electron chi connectivity index (χ4n) is 4.11. The van der Waals surface area contributed by atoms with Crippen LogP contribution in [0.5, 0.6) is 0 Å². The van der Waals surface area contributed by atoms with Gasteiger partial charge in [0.05, 0.1) is 16.9 Å². The number of nitrogens with zero attached hydrogens (tertiary/aromatic N) is 3. The summed E-state index contributed by atoms with van der Waals surface area (Å²) in [6.45, 7) is 0.691. The van der Waals surface area contributed by atoms with Crippen LogP contribution in [-0.4, -0.2) is 32.3 Å². The van der Waals surface area contributed by atoms with E-state index in [1.807, 2.05) is 23.2 Å². The summed E-state index contributed by atoms with van der Waals surface area (Å²) in [7, 11) is 0. The first kappa shape index (κ1) is 15.8. The van der Waals surface area contributed by atoms with Crippen LogP contribution in [0.1, 0.15) is 55.9 Å². The lowest BCUT2D eigenvalue weighted by Gasteiger charge is -2.34. The molecule has 4 heterocycles. The Kier molecular flexibility index (Phi) is 3.85. The van der Waals surface area contributed by atoms with E-state index in [1.165, 1.54) is 23.3 Å². The van der Waals surface area contributed by atoms with E-state index < -0.39 is 0 Å². The third kappa shape index (κ3) is 2.56. The molecule has 26 heavy (non-hydrogen) atoms. The lowest BCUT2D eigenvalue weighted by Crippen LogP contribution is -2.40. The molecule has 3 aromatic heterocycles. The van der Waals surface area contributed by atoms with Crippen LogP contribution in [0, 0.1) is 0 Å². The number of carbonyl (C=O) groups is 1. The number of amides is 1. The number of hydrogen-bond acceptors (Lipinski definition) is 4. The molecule has 0 unspecified atom stereocenters. The molecule has 2 aliphatic rings. The topological polar surface area (TPSA) is 61.9 Å². The molecule has 1 N–H and O–H groups in total. The van der Waals surface area contributed by atoms with Gasteiger partial charge >= 0.3 is 0 Å². The highest BCUT2D eigenvalue weighted by atomic mass is 32.1. The summed E-state index contributed by atoms with van der Waals surface area (Å²) in [5.74, 6) is 0.118. The van der Waals surface area contributed by atoms with Gasteiger partial charge in [0, 0.05) is 35.9 Å². The molecule has 1 aliphatic heterocycles. The molecule has 3 aromatic rings. The van der Waals surface area contributed by atoms with Crippen molar-refractivity contribution in [1.29, 1.82) is 0 Å². The maximum Gasteiger partial charge on any atom is 0.264 e. The van der Waals surface area contributed by atoms with Gasteiger partial charge in [0.15, 0.2) is 0 Å². The number of nitrogens with one attached hydrogen (secondary N) is 1. The lowest BCUT2D eigenvalue weighted by molar-refractivity contribution is 0.0695. The number of aromatic amines is 1. The van der Waals surface area contributed by atoms with Crippen LogP contribution >= 0.6 is 11.3 Å². The van der Waals surface area contributed by atoms with E-state index in [0.29, 0.717) is 6.54 Å². The summed E-state index contributed by atoms with van der Waals surface area (Å²) in [4.78, 5) is 29.7. The number of rotatable bonds is 2. The minimum Gasteiger partial charge on any atom is -0.348 e. The van der Waals surface area contributed by atoms with Crippen LogP contribution in [0.4, 0.5) is 0 Å². The predicted molar refractivity (Wildman–Crippen MR) is 100 cm³/mol. The highest BCUT2D eigenvalue weighted by Gasteiger charge is 2.35. The van der Waals surface area contributed by atoms with Gasteiger partial charge in [-0.25, -0.2) is 4.98 Å². The minimum absolute atomic E-state index is 0.118. The van der Waals surface area contributed by atoms with Gasteiger partial charge in [-0.2, -0.15) is 0 Å². The molecular formula is C20H20N4OS. The average molecular weight is 364 g/mol. The first-order valence-electron chi connectivity index (χ1n) is 9.16. The highest BCUT2D eigenvalue weighted by Crippen LogP contribution is 2.36. The molecule has 0 saturated heterocycles. The molecule has 132 valence electrons. The zero-order valence-electron chi connectivity index (χ0n) is 14.4. The summed E-state index contributed by atoms with van der Waals surface area (Å²) in [6.07, 6.45) is 10.8. The number of hydrogen-bond donors (Lipinski definition) is 1. The number of carbonyl (C=O) groups excluding carboxylic acids is 1. The van der Waals surface area contributed by atoms with E-state index in [0.717, 1.165) is 41.1 Å². The van der Waals surface area contributed by atoms with Gasteiger partial charge in [-0.15, -0.1) is 11.3 Å². The third-order valence-corrected chi connectivity index (χ3v) is 6.62. The molecule has 0 radical (unpaired) electrons. The number of pyridine rings is 1. The van der Waals surface area contributed by atoms with Crippen LogP contribution in [0.25, 0.3) is 0 Å². The molecular weight excluding hydrogens is 344 g/mol. The van der Waals surface area contributed by atoms with Crippen molar-refractivity contribution in [2.45, 2.75) is 38.1 Å². The van der Waals surface area contributed by atoms with E-state index in [9.17, 15) is 4.79 Å². The molecule has 1 aliphatic carbocycles. The monoisotopic (exact) mass is 364 g/mol. The third-order valence-electron chi connectivity index (χ3n) is 5.39. The van der Waals surface area contributed by atoms with Gasteiger partial charge in [-0.3, -0.25) is 9.78 Å². The van der Waals surface area contributed by atoms with Crippen LogP contribution < -0.4 is 0 Å². The number of aromatic nitrogens is 3. The smallest absolute Gasteiger partial charge is 0.264 e. The minimum atomic E-state index is -0.176. The Morgan fingerprint density at radius 1 is 1.27 bits per heavy atom. The zero-order chi connectivity index (χ0) is 17.5. The van der Waals surface area contributed by atoms with Crippen LogP contribution in [0.2, 0.25) is 0 Å². The molecule has 1 amide bonds. The van der Waals surface area contributed by atoms with Crippen molar-refractivity contribution in [2.24, 2.45) is 0 Å². The SMILES string of the molecule is O=C(c1cc2c(s1)CCCC2)N1CCc2[nH]cnc2[C@@H]1c1cccnc1. The summed E-state index contributed by atoms with van der Waals surface area (Å²) in [5.41, 5.74) is 4.45. The standard InChI is InChI=1S/C20H20N4OS/c25-20(17-10-13-4-1-2-6-16(13)26-17)24-9-7-15-18(23-12-22-15)19(24)14-5-3-8-21-11-14/h3,5,8,10-12,19H,1-2,4,6-7,9H2,(H,22,23)/t19-/m0/s1. The Balaban J connectivity index is 1.54. The molecule has 5 rings (SSSR count). The largest absolute Gasteiger partial charge is 0.348 e. The normalized spacial score (nSPS) is 19.1.